The fourth-order valence-electron chi connectivity index (χ4n) is 3.67. The van der Waals surface area contributed by atoms with Crippen molar-refractivity contribution in [2.24, 2.45) is 11.5 Å². The molecule has 0 aromatic heterocycles. The molecule has 2 rings (SSSR count). The molecule has 1 atom stereocenters. The van der Waals surface area contributed by atoms with Crippen molar-refractivity contribution in [3.8, 4) is 6.07 Å². The molecule has 0 heterocycles. The smallest absolute Gasteiger partial charge is 0.254 e. The molecule has 2 amide bonds. The zero-order valence-electron chi connectivity index (χ0n) is 28.3. The highest BCUT2D eigenvalue weighted by atomic mass is 32.1. The van der Waals surface area contributed by atoms with Crippen LogP contribution in [0.3, 0.4) is 0 Å². The summed E-state index contributed by atoms with van der Waals surface area (Å²) < 4.78 is 39.4. The van der Waals surface area contributed by atoms with Crippen molar-refractivity contribution >= 4 is 42.6 Å². The Kier molecular flexibility index (Phi) is 27.9. The first-order chi connectivity index (χ1) is 23.7. The molecule has 0 bridgehead atoms. The highest BCUT2D eigenvalue weighted by Crippen LogP contribution is 2.18. The number of nitrogens with one attached hydrogen (secondary N) is 1. The Morgan fingerprint density at radius 1 is 0.959 bits per heavy atom. The molecular formula is C33H51FN6O8S. The van der Waals surface area contributed by atoms with Crippen LogP contribution in [-0.2, 0) is 28.5 Å². The van der Waals surface area contributed by atoms with E-state index in [1.54, 1.807) is 36.2 Å². The SMILES string of the molecule is CC(CCC#N)N(C)C(=O)c1ccc(NCCOCCOCCOCCOCCOCCN)cc1C=O.NC=O.Nc1ccc(S)cc1F. The Balaban J connectivity index is 0.00000161. The summed E-state index contributed by atoms with van der Waals surface area (Å²) >= 11 is 3.91. The van der Waals surface area contributed by atoms with E-state index in [0.29, 0.717) is 114 Å². The first kappa shape index (κ1) is 45.2. The minimum Gasteiger partial charge on any atom is -0.396 e. The third-order valence-electron chi connectivity index (χ3n) is 6.37. The first-order valence-corrected chi connectivity index (χ1v) is 16.1. The lowest BCUT2D eigenvalue weighted by Gasteiger charge is -2.25. The molecule has 49 heavy (non-hydrogen) atoms. The average molecular weight is 711 g/mol. The van der Waals surface area contributed by atoms with Crippen molar-refractivity contribution in [3.63, 3.8) is 0 Å². The van der Waals surface area contributed by atoms with Crippen molar-refractivity contribution in [2.75, 3.05) is 97.3 Å². The number of nitrogens with two attached hydrogens (primary N) is 3. The minimum atomic E-state index is -0.414. The zero-order chi connectivity index (χ0) is 36.7. The second kappa shape index (κ2) is 30.3. The van der Waals surface area contributed by atoms with Gasteiger partial charge in [-0.1, -0.05) is 0 Å². The molecule has 1 unspecified atom stereocenters. The highest BCUT2D eigenvalue weighted by molar-refractivity contribution is 7.80. The summed E-state index contributed by atoms with van der Waals surface area (Å²) in [5.41, 5.74) is 16.2. The minimum absolute atomic E-state index is 0.102. The third kappa shape index (κ3) is 22.4. The van der Waals surface area contributed by atoms with E-state index in [0.717, 1.165) is 5.69 Å². The quantitative estimate of drug-likeness (QED) is 0.0487. The summed E-state index contributed by atoms with van der Waals surface area (Å²) in [6, 6.07) is 11.4. The van der Waals surface area contributed by atoms with Crippen LogP contribution < -0.4 is 22.5 Å². The van der Waals surface area contributed by atoms with E-state index >= 15 is 0 Å². The van der Waals surface area contributed by atoms with Gasteiger partial charge in [-0.3, -0.25) is 14.4 Å². The lowest BCUT2D eigenvalue weighted by molar-refractivity contribution is -0.106. The molecule has 2 aromatic rings. The Morgan fingerprint density at radius 3 is 1.96 bits per heavy atom. The normalized spacial score (nSPS) is 10.8. The summed E-state index contributed by atoms with van der Waals surface area (Å²) in [4.78, 5) is 35.1. The van der Waals surface area contributed by atoms with E-state index in [4.69, 9.17) is 45.2 Å². The Labute approximate surface area is 293 Å². The lowest BCUT2D eigenvalue weighted by Crippen LogP contribution is -2.35. The number of halogens is 1. The standard InChI is InChI=1S/C26H42N4O7.C6H6FNS.CH3NO/c1-22(4-3-7-27)30(2)26(32)25-6-5-24(20-23(25)21-31)29-9-11-34-13-15-36-17-19-37-18-16-35-14-12-33-10-8-28;7-5-3-4(9)1-2-6(5)8;2-1-3/h5-6,20-22,29H,3-4,8-19,28H2,1-2H3;1-3,9H,8H2;1H,(H2,2,3). The molecular weight excluding hydrogens is 659 g/mol. The number of benzene rings is 2. The van der Waals surface area contributed by atoms with Crippen LogP contribution in [0.2, 0.25) is 0 Å². The molecule has 0 aliphatic heterocycles. The number of hydrogen-bond donors (Lipinski definition) is 5. The van der Waals surface area contributed by atoms with Crippen molar-refractivity contribution in [1.29, 1.82) is 5.26 Å². The molecule has 0 aliphatic rings. The van der Waals surface area contributed by atoms with Gasteiger partial charge in [0.15, 0.2) is 6.29 Å². The Bertz CT molecular complexity index is 1240. The summed E-state index contributed by atoms with van der Waals surface area (Å²) in [6.45, 7) is 7.89. The van der Waals surface area contributed by atoms with E-state index in [2.05, 4.69) is 29.7 Å². The van der Waals surface area contributed by atoms with Crippen LogP contribution in [0.25, 0.3) is 0 Å². The summed E-state index contributed by atoms with van der Waals surface area (Å²) in [6.07, 6.45) is 1.88. The monoisotopic (exact) mass is 710 g/mol. The van der Waals surface area contributed by atoms with Crippen LogP contribution in [0, 0.1) is 17.1 Å². The van der Waals surface area contributed by atoms with Crippen molar-refractivity contribution in [3.05, 3.63) is 53.3 Å². The zero-order valence-corrected chi connectivity index (χ0v) is 29.2. The number of nitrogens with zero attached hydrogens (tertiary/aromatic N) is 2. The van der Waals surface area contributed by atoms with Crippen LogP contribution in [0.1, 0.15) is 40.5 Å². The van der Waals surface area contributed by atoms with Gasteiger partial charge in [0, 0.05) is 48.7 Å². The van der Waals surface area contributed by atoms with Gasteiger partial charge in [-0.2, -0.15) is 5.26 Å². The lowest BCUT2D eigenvalue weighted by atomic mass is 10.0. The fourth-order valence-corrected chi connectivity index (χ4v) is 3.86. The maximum atomic E-state index is 12.8. The van der Waals surface area contributed by atoms with Crippen molar-refractivity contribution in [2.45, 2.75) is 30.7 Å². The van der Waals surface area contributed by atoms with Crippen LogP contribution in [0.4, 0.5) is 15.8 Å². The van der Waals surface area contributed by atoms with E-state index in [1.165, 1.54) is 12.1 Å². The van der Waals surface area contributed by atoms with Crippen molar-refractivity contribution < 1.29 is 42.5 Å². The van der Waals surface area contributed by atoms with Crippen molar-refractivity contribution in [1.82, 2.24) is 4.90 Å². The summed E-state index contributed by atoms with van der Waals surface area (Å²) in [5.74, 6) is -0.659. The van der Waals surface area contributed by atoms with Gasteiger partial charge in [-0.05, 0) is 49.7 Å². The number of nitrogen functional groups attached to an aromatic ring is 1. The van der Waals surface area contributed by atoms with E-state index in [9.17, 15) is 14.0 Å². The van der Waals surface area contributed by atoms with Crippen LogP contribution in [0.15, 0.2) is 41.3 Å². The second-order valence-corrected chi connectivity index (χ2v) is 10.5. The Morgan fingerprint density at radius 2 is 1.49 bits per heavy atom. The topological polar surface area (TPSA) is 214 Å². The number of rotatable bonds is 23. The van der Waals surface area contributed by atoms with Gasteiger partial charge in [0.1, 0.15) is 5.82 Å². The molecule has 2 aromatic carbocycles. The molecule has 0 fully saturated rings. The number of thiol groups is 1. The van der Waals surface area contributed by atoms with E-state index in [-0.39, 0.29) is 24.0 Å². The number of amides is 2. The van der Waals surface area contributed by atoms with Gasteiger partial charge in [0.05, 0.1) is 83.4 Å². The average Bonchev–Trinajstić information content (AvgIpc) is 3.10. The summed E-state index contributed by atoms with van der Waals surface area (Å²) in [7, 11) is 1.68. The van der Waals surface area contributed by atoms with Crippen LogP contribution in [-0.4, -0.2) is 116 Å². The molecule has 274 valence electrons. The molecule has 0 aliphatic carbocycles. The van der Waals surface area contributed by atoms with Gasteiger partial charge in [0.2, 0.25) is 6.41 Å². The van der Waals surface area contributed by atoms with E-state index in [1.807, 2.05) is 6.92 Å². The number of ether oxygens (including phenoxy) is 5. The fraction of sp³-hybridized carbons (Fsp3) is 0.515. The number of hydrogen-bond acceptors (Lipinski definition) is 13. The number of carbonyl (C=O) groups is 3. The van der Waals surface area contributed by atoms with Gasteiger partial charge >= 0.3 is 0 Å². The van der Waals surface area contributed by atoms with Gasteiger partial charge in [0.25, 0.3) is 5.91 Å². The van der Waals surface area contributed by atoms with Gasteiger partial charge in [-0.25, -0.2) is 4.39 Å². The number of aldehydes is 1. The second-order valence-electron chi connectivity index (χ2n) is 10.0. The number of carbonyl (C=O) groups excluding carboxylic acids is 3. The molecule has 0 saturated carbocycles. The highest BCUT2D eigenvalue weighted by Gasteiger charge is 2.20. The van der Waals surface area contributed by atoms with Crippen LogP contribution >= 0.6 is 12.6 Å². The molecule has 0 spiro atoms. The molecule has 14 nitrogen and oxygen atoms in total. The molecule has 7 N–H and O–H groups in total. The van der Waals surface area contributed by atoms with Crippen LogP contribution in [0.5, 0.6) is 0 Å². The van der Waals surface area contributed by atoms with Gasteiger partial charge < -0.3 is 51.1 Å². The number of anilines is 2. The first-order valence-electron chi connectivity index (χ1n) is 15.6. The molecule has 16 heteroatoms. The predicted octanol–water partition coefficient (Wildman–Crippen LogP) is 2.52. The Hall–Kier alpha value is -3.82. The van der Waals surface area contributed by atoms with Gasteiger partial charge in [-0.15, -0.1) is 12.6 Å². The number of primary amides is 1. The maximum Gasteiger partial charge on any atom is 0.254 e. The third-order valence-corrected chi connectivity index (χ3v) is 6.65. The summed E-state index contributed by atoms with van der Waals surface area (Å²) in [5, 5.41) is 11.9. The largest absolute Gasteiger partial charge is 0.396 e. The maximum absolute atomic E-state index is 12.8. The molecule has 0 saturated heterocycles. The predicted molar refractivity (Wildman–Crippen MR) is 188 cm³/mol. The molecule has 0 radical (unpaired) electrons. The number of nitriles is 1. The van der Waals surface area contributed by atoms with E-state index < -0.39 is 5.82 Å².